The van der Waals surface area contributed by atoms with Gasteiger partial charge in [-0.1, -0.05) is 66.7 Å². The van der Waals surface area contributed by atoms with Crippen molar-refractivity contribution >= 4 is 23.5 Å². The van der Waals surface area contributed by atoms with Crippen LogP contribution in [0.2, 0.25) is 0 Å². The zero-order valence-corrected chi connectivity index (χ0v) is 15.1. The molecule has 3 rings (SSSR count). The summed E-state index contributed by atoms with van der Waals surface area (Å²) in [4.78, 5) is 2.31. The first kappa shape index (κ1) is 17.2. The van der Waals surface area contributed by atoms with Crippen molar-refractivity contribution in [3.05, 3.63) is 96.6 Å². The molecule has 0 spiro atoms. The summed E-state index contributed by atoms with van der Waals surface area (Å²) >= 11 is 3.40. The van der Waals surface area contributed by atoms with E-state index < -0.39 is 5.60 Å². The molecule has 0 aliphatic carbocycles. The molecule has 0 aliphatic heterocycles. The van der Waals surface area contributed by atoms with Crippen LogP contribution in [0.1, 0.15) is 12.5 Å². The fourth-order valence-electron chi connectivity index (χ4n) is 2.41. The van der Waals surface area contributed by atoms with Gasteiger partial charge in [0.05, 0.1) is 4.58 Å². The van der Waals surface area contributed by atoms with E-state index in [0.717, 1.165) is 15.4 Å². The minimum atomic E-state index is -0.956. The van der Waals surface area contributed by atoms with Crippen LogP contribution in [0.15, 0.2) is 101 Å². The Balaban J connectivity index is 1.91. The predicted molar refractivity (Wildman–Crippen MR) is 104 cm³/mol. The van der Waals surface area contributed by atoms with Crippen LogP contribution in [-0.2, 0) is 5.60 Å². The van der Waals surface area contributed by atoms with Gasteiger partial charge in [-0.15, -0.1) is 23.5 Å². The highest BCUT2D eigenvalue weighted by atomic mass is 32.2. The molecular formula is C21H20OS2. The standard InChI is InChI=1S/C21H20OS2/c1-21(22,17-11-5-2-6-12-17)20(23-18-13-7-3-8-14-18)24-19-15-9-4-10-16-19/h2-16,20,22H,1H3. The van der Waals surface area contributed by atoms with Crippen LogP contribution in [-0.4, -0.2) is 9.69 Å². The van der Waals surface area contributed by atoms with Crippen LogP contribution in [0.3, 0.4) is 0 Å². The SMILES string of the molecule is CC(O)(c1ccccc1)C(Sc1ccccc1)Sc1ccccc1. The number of thioether (sulfide) groups is 2. The lowest BCUT2D eigenvalue weighted by molar-refractivity contribution is 0.0756. The van der Waals surface area contributed by atoms with Crippen molar-refractivity contribution in [2.45, 2.75) is 26.9 Å². The monoisotopic (exact) mass is 352 g/mol. The van der Waals surface area contributed by atoms with Crippen LogP contribution in [0, 0.1) is 0 Å². The highest BCUT2D eigenvalue weighted by Gasteiger charge is 2.35. The Bertz CT molecular complexity index is 701. The van der Waals surface area contributed by atoms with Crippen molar-refractivity contribution in [2.75, 3.05) is 0 Å². The van der Waals surface area contributed by atoms with Crippen LogP contribution in [0.5, 0.6) is 0 Å². The van der Waals surface area contributed by atoms with Crippen LogP contribution in [0.25, 0.3) is 0 Å². The van der Waals surface area contributed by atoms with Gasteiger partial charge in [0.2, 0.25) is 0 Å². The van der Waals surface area contributed by atoms with Crippen LogP contribution in [0.4, 0.5) is 0 Å². The Hall–Kier alpha value is -1.68. The summed E-state index contributed by atoms with van der Waals surface area (Å²) in [6, 6.07) is 30.4. The third-order valence-electron chi connectivity index (χ3n) is 3.79. The molecule has 3 aromatic carbocycles. The average Bonchev–Trinajstić information content (AvgIpc) is 2.64. The average molecular weight is 353 g/mol. The van der Waals surface area contributed by atoms with Gasteiger partial charge in [0.1, 0.15) is 5.60 Å². The van der Waals surface area contributed by atoms with E-state index in [0.29, 0.717) is 0 Å². The molecule has 0 fully saturated rings. The Labute approximate surface area is 152 Å². The molecule has 0 radical (unpaired) electrons. The quantitative estimate of drug-likeness (QED) is 0.447. The largest absolute Gasteiger partial charge is 0.383 e. The molecule has 0 aliphatic rings. The van der Waals surface area contributed by atoms with E-state index >= 15 is 0 Å². The molecule has 0 bridgehead atoms. The van der Waals surface area contributed by atoms with Crippen molar-refractivity contribution in [3.63, 3.8) is 0 Å². The number of hydrogen-bond donors (Lipinski definition) is 1. The Morgan fingerprint density at radius 3 is 1.46 bits per heavy atom. The van der Waals surface area contributed by atoms with E-state index in [9.17, 15) is 5.11 Å². The van der Waals surface area contributed by atoms with Gasteiger partial charge in [0.15, 0.2) is 0 Å². The van der Waals surface area contributed by atoms with Crippen molar-refractivity contribution in [1.82, 2.24) is 0 Å². The third kappa shape index (κ3) is 4.23. The molecule has 122 valence electrons. The van der Waals surface area contributed by atoms with E-state index in [2.05, 4.69) is 24.3 Å². The smallest absolute Gasteiger partial charge is 0.108 e. The minimum absolute atomic E-state index is 0.0651. The first-order chi connectivity index (χ1) is 11.7. The second-order valence-electron chi connectivity index (χ2n) is 5.71. The summed E-state index contributed by atoms with van der Waals surface area (Å²) < 4.78 is -0.0651. The summed E-state index contributed by atoms with van der Waals surface area (Å²) in [5, 5.41) is 11.3. The Kier molecular flexibility index (Phi) is 5.67. The summed E-state index contributed by atoms with van der Waals surface area (Å²) in [6.07, 6.45) is 0. The summed E-state index contributed by atoms with van der Waals surface area (Å²) in [5.74, 6) is 0. The summed E-state index contributed by atoms with van der Waals surface area (Å²) in [6.45, 7) is 1.90. The normalized spacial score (nSPS) is 13.6. The number of rotatable bonds is 6. The van der Waals surface area contributed by atoms with Crippen LogP contribution >= 0.6 is 23.5 Å². The van der Waals surface area contributed by atoms with Gasteiger partial charge in [-0.3, -0.25) is 0 Å². The van der Waals surface area contributed by atoms with Crippen molar-refractivity contribution in [3.8, 4) is 0 Å². The molecule has 0 amide bonds. The van der Waals surface area contributed by atoms with E-state index in [1.807, 2.05) is 73.7 Å². The third-order valence-corrected chi connectivity index (χ3v) is 6.80. The Morgan fingerprint density at radius 1 is 0.667 bits per heavy atom. The van der Waals surface area contributed by atoms with Gasteiger partial charge < -0.3 is 5.11 Å². The lowest BCUT2D eigenvalue weighted by Gasteiger charge is -2.32. The number of aliphatic hydroxyl groups is 1. The molecule has 1 atom stereocenters. The molecule has 0 saturated carbocycles. The van der Waals surface area contributed by atoms with Gasteiger partial charge in [-0.25, -0.2) is 0 Å². The van der Waals surface area contributed by atoms with Gasteiger partial charge in [0, 0.05) is 9.79 Å². The van der Waals surface area contributed by atoms with E-state index in [4.69, 9.17) is 0 Å². The molecule has 0 heterocycles. The predicted octanol–water partition coefficient (Wildman–Crippen LogP) is 5.80. The molecule has 0 saturated heterocycles. The minimum Gasteiger partial charge on any atom is -0.383 e. The second kappa shape index (κ2) is 7.93. The number of hydrogen-bond acceptors (Lipinski definition) is 3. The first-order valence-corrected chi connectivity index (χ1v) is 9.63. The molecule has 1 unspecified atom stereocenters. The lowest BCUT2D eigenvalue weighted by atomic mass is 9.98. The van der Waals surface area contributed by atoms with E-state index in [1.165, 1.54) is 0 Å². The zero-order valence-electron chi connectivity index (χ0n) is 13.5. The van der Waals surface area contributed by atoms with Gasteiger partial charge in [-0.2, -0.15) is 0 Å². The molecule has 0 aromatic heterocycles. The molecule has 24 heavy (non-hydrogen) atoms. The molecule has 3 aromatic rings. The van der Waals surface area contributed by atoms with Gasteiger partial charge in [0.25, 0.3) is 0 Å². The zero-order chi connectivity index (χ0) is 16.8. The van der Waals surface area contributed by atoms with Gasteiger partial charge >= 0.3 is 0 Å². The van der Waals surface area contributed by atoms with Crippen molar-refractivity contribution in [2.24, 2.45) is 0 Å². The van der Waals surface area contributed by atoms with Gasteiger partial charge in [-0.05, 0) is 36.8 Å². The Morgan fingerprint density at radius 2 is 1.04 bits per heavy atom. The molecule has 1 N–H and O–H groups in total. The highest BCUT2D eigenvalue weighted by molar-refractivity contribution is 8.17. The maximum absolute atomic E-state index is 11.3. The highest BCUT2D eigenvalue weighted by Crippen LogP contribution is 2.45. The van der Waals surface area contributed by atoms with E-state index in [-0.39, 0.29) is 4.58 Å². The summed E-state index contributed by atoms with van der Waals surface area (Å²) in [5.41, 5.74) is -0.0238. The maximum Gasteiger partial charge on any atom is 0.108 e. The first-order valence-electron chi connectivity index (χ1n) is 7.87. The topological polar surface area (TPSA) is 20.2 Å². The second-order valence-corrected chi connectivity index (χ2v) is 8.36. The number of benzene rings is 3. The van der Waals surface area contributed by atoms with E-state index in [1.54, 1.807) is 23.5 Å². The maximum atomic E-state index is 11.3. The van der Waals surface area contributed by atoms with Crippen molar-refractivity contribution < 1.29 is 5.11 Å². The molecular weight excluding hydrogens is 332 g/mol. The fourth-order valence-corrected chi connectivity index (χ4v) is 5.12. The van der Waals surface area contributed by atoms with Crippen molar-refractivity contribution in [1.29, 1.82) is 0 Å². The van der Waals surface area contributed by atoms with Crippen LogP contribution < -0.4 is 0 Å². The summed E-state index contributed by atoms with van der Waals surface area (Å²) in [7, 11) is 0. The lowest BCUT2D eigenvalue weighted by Crippen LogP contribution is -2.32. The molecule has 1 nitrogen and oxygen atoms in total. The molecule has 3 heteroatoms. The fraction of sp³-hybridized carbons (Fsp3) is 0.143.